The third-order valence-corrected chi connectivity index (χ3v) is 5.58. The van der Waals surface area contributed by atoms with Crippen LogP contribution in [0.3, 0.4) is 0 Å². The van der Waals surface area contributed by atoms with E-state index in [0.29, 0.717) is 12.0 Å². The van der Waals surface area contributed by atoms with Crippen molar-refractivity contribution >= 4 is 11.8 Å². The van der Waals surface area contributed by atoms with Crippen LogP contribution in [0, 0.1) is 17.8 Å². The topological polar surface area (TPSA) is 23.5 Å². The van der Waals surface area contributed by atoms with E-state index >= 15 is 0 Å². The molecule has 0 radical (unpaired) electrons. The van der Waals surface area contributed by atoms with Crippen molar-refractivity contribution in [1.82, 2.24) is 4.90 Å². The van der Waals surface area contributed by atoms with Crippen molar-refractivity contribution in [2.75, 3.05) is 25.6 Å². The number of thioether (sulfide) groups is 1. The SMILES string of the molecule is CSCCC(C)N(C)CC1CC(C(C)C)CCC1O. The lowest BCUT2D eigenvalue weighted by Crippen LogP contribution is -2.41. The van der Waals surface area contributed by atoms with Crippen molar-refractivity contribution in [3.63, 3.8) is 0 Å². The molecule has 114 valence electrons. The summed E-state index contributed by atoms with van der Waals surface area (Å²) in [5.41, 5.74) is 0. The number of aliphatic hydroxyl groups excluding tert-OH is 1. The molecule has 2 nitrogen and oxygen atoms in total. The second-order valence-electron chi connectivity index (χ2n) is 6.71. The molecule has 4 atom stereocenters. The van der Waals surface area contributed by atoms with E-state index in [4.69, 9.17) is 0 Å². The molecule has 1 rings (SSSR count). The fourth-order valence-electron chi connectivity index (χ4n) is 3.14. The summed E-state index contributed by atoms with van der Waals surface area (Å²) in [4.78, 5) is 2.45. The number of rotatable bonds is 7. The van der Waals surface area contributed by atoms with Crippen LogP contribution in [0.2, 0.25) is 0 Å². The molecule has 0 aromatic heterocycles. The van der Waals surface area contributed by atoms with Crippen LogP contribution in [0.5, 0.6) is 0 Å². The van der Waals surface area contributed by atoms with Crippen molar-refractivity contribution in [2.24, 2.45) is 17.8 Å². The second kappa shape index (κ2) is 8.53. The van der Waals surface area contributed by atoms with Gasteiger partial charge in [0.25, 0.3) is 0 Å². The van der Waals surface area contributed by atoms with Crippen molar-refractivity contribution in [1.29, 1.82) is 0 Å². The van der Waals surface area contributed by atoms with E-state index in [1.165, 1.54) is 25.0 Å². The molecule has 1 aliphatic carbocycles. The molecule has 1 fully saturated rings. The Kier molecular flexibility index (Phi) is 7.78. The Balaban J connectivity index is 2.44. The first-order chi connectivity index (χ1) is 8.95. The highest BCUT2D eigenvalue weighted by Crippen LogP contribution is 2.34. The lowest BCUT2D eigenvalue weighted by Gasteiger charge is -2.38. The van der Waals surface area contributed by atoms with Crippen LogP contribution < -0.4 is 0 Å². The quantitative estimate of drug-likeness (QED) is 0.775. The van der Waals surface area contributed by atoms with Crippen molar-refractivity contribution in [3.05, 3.63) is 0 Å². The summed E-state index contributed by atoms with van der Waals surface area (Å²) in [6, 6.07) is 0.624. The molecule has 4 unspecified atom stereocenters. The van der Waals surface area contributed by atoms with Gasteiger partial charge in [-0.1, -0.05) is 13.8 Å². The van der Waals surface area contributed by atoms with Gasteiger partial charge in [-0.2, -0.15) is 11.8 Å². The highest BCUT2D eigenvalue weighted by Gasteiger charge is 2.31. The van der Waals surface area contributed by atoms with Crippen molar-refractivity contribution in [2.45, 2.75) is 58.6 Å². The van der Waals surface area contributed by atoms with Gasteiger partial charge in [-0.3, -0.25) is 0 Å². The molecule has 0 spiro atoms. The molecule has 0 saturated heterocycles. The summed E-state index contributed by atoms with van der Waals surface area (Å²) in [7, 11) is 2.22. The molecule has 0 aromatic rings. The Morgan fingerprint density at radius 3 is 2.53 bits per heavy atom. The predicted octanol–water partition coefficient (Wildman–Crippen LogP) is 3.49. The van der Waals surface area contributed by atoms with Crippen LogP contribution in [-0.4, -0.2) is 47.8 Å². The zero-order valence-corrected chi connectivity index (χ0v) is 14.2. The van der Waals surface area contributed by atoms with Gasteiger partial charge in [-0.05, 0) is 69.4 Å². The van der Waals surface area contributed by atoms with Crippen LogP contribution >= 0.6 is 11.8 Å². The first kappa shape index (κ1) is 17.3. The van der Waals surface area contributed by atoms with Crippen LogP contribution in [0.1, 0.15) is 46.5 Å². The van der Waals surface area contributed by atoms with Gasteiger partial charge in [0.1, 0.15) is 0 Å². The average Bonchev–Trinajstić information content (AvgIpc) is 2.38. The minimum atomic E-state index is -0.0785. The van der Waals surface area contributed by atoms with Gasteiger partial charge in [0.15, 0.2) is 0 Å². The summed E-state index contributed by atoms with van der Waals surface area (Å²) in [6.07, 6.45) is 6.75. The molecule has 19 heavy (non-hydrogen) atoms. The normalized spacial score (nSPS) is 30.0. The van der Waals surface area contributed by atoms with Crippen LogP contribution in [-0.2, 0) is 0 Å². The zero-order chi connectivity index (χ0) is 14.4. The molecule has 0 amide bonds. The second-order valence-corrected chi connectivity index (χ2v) is 7.70. The van der Waals surface area contributed by atoms with Crippen molar-refractivity contribution in [3.8, 4) is 0 Å². The van der Waals surface area contributed by atoms with Gasteiger partial charge in [-0.25, -0.2) is 0 Å². The Morgan fingerprint density at radius 2 is 1.95 bits per heavy atom. The smallest absolute Gasteiger partial charge is 0.0580 e. The largest absolute Gasteiger partial charge is 0.393 e. The third-order valence-electron chi connectivity index (χ3n) is 4.94. The fourth-order valence-corrected chi connectivity index (χ4v) is 3.72. The molecule has 3 heteroatoms. The lowest BCUT2D eigenvalue weighted by atomic mass is 9.74. The summed E-state index contributed by atoms with van der Waals surface area (Å²) < 4.78 is 0. The van der Waals surface area contributed by atoms with Crippen LogP contribution in [0.4, 0.5) is 0 Å². The molecule has 0 bridgehead atoms. The number of nitrogens with zero attached hydrogens (tertiary/aromatic N) is 1. The van der Waals surface area contributed by atoms with Gasteiger partial charge in [0, 0.05) is 12.6 Å². The lowest BCUT2D eigenvalue weighted by molar-refractivity contribution is 0.0171. The van der Waals surface area contributed by atoms with E-state index in [0.717, 1.165) is 24.8 Å². The molecule has 1 aliphatic rings. The maximum absolute atomic E-state index is 10.2. The van der Waals surface area contributed by atoms with Crippen LogP contribution in [0.15, 0.2) is 0 Å². The standard InChI is InChI=1S/C16H33NOS/c1-12(2)14-6-7-16(18)15(10-14)11-17(4)13(3)8-9-19-5/h12-16,18H,6-11H2,1-5H3. The zero-order valence-electron chi connectivity index (χ0n) is 13.4. The monoisotopic (exact) mass is 287 g/mol. The summed E-state index contributed by atoms with van der Waals surface area (Å²) >= 11 is 1.92. The number of aliphatic hydroxyl groups is 1. The van der Waals surface area contributed by atoms with E-state index in [1.54, 1.807) is 0 Å². The third kappa shape index (κ3) is 5.65. The van der Waals surface area contributed by atoms with Gasteiger partial charge in [-0.15, -0.1) is 0 Å². The summed E-state index contributed by atoms with van der Waals surface area (Å²) in [6.45, 7) is 8.01. The molecule has 1 N–H and O–H groups in total. The molecule has 0 aliphatic heterocycles. The van der Waals surface area contributed by atoms with Gasteiger partial charge < -0.3 is 10.0 Å². The van der Waals surface area contributed by atoms with E-state index in [-0.39, 0.29) is 6.10 Å². The first-order valence-electron chi connectivity index (χ1n) is 7.82. The van der Waals surface area contributed by atoms with E-state index in [9.17, 15) is 5.11 Å². The maximum atomic E-state index is 10.2. The average molecular weight is 288 g/mol. The van der Waals surface area contributed by atoms with Gasteiger partial charge in [0.05, 0.1) is 6.10 Å². The van der Waals surface area contributed by atoms with Gasteiger partial charge in [0.2, 0.25) is 0 Å². The van der Waals surface area contributed by atoms with E-state index in [2.05, 4.69) is 39.0 Å². The summed E-state index contributed by atoms with van der Waals surface area (Å²) in [5, 5.41) is 10.2. The molecular formula is C16H33NOS. The summed E-state index contributed by atoms with van der Waals surface area (Å²) in [5.74, 6) is 3.27. The molecule has 1 saturated carbocycles. The van der Waals surface area contributed by atoms with Gasteiger partial charge >= 0.3 is 0 Å². The Hall–Kier alpha value is 0.270. The Morgan fingerprint density at radius 1 is 1.26 bits per heavy atom. The molecular weight excluding hydrogens is 254 g/mol. The molecule has 0 heterocycles. The Bertz CT molecular complexity index is 247. The number of hydrogen-bond acceptors (Lipinski definition) is 3. The minimum Gasteiger partial charge on any atom is -0.393 e. The van der Waals surface area contributed by atoms with Crippen LogP contribution in [0.25, 0.3) is 0 Å². The first-order valence-corrected chi connectivity index (χ1v) is 9.22. The van der Waals surface area contributed by atoms with E-state index in [1.807, 2.05) is 11.8 Å². The molecule has 0 aromatic carbocycles. The fraction of sp³-hybridized carbons (Fsp3) is 1.00. The Labute approximate surface area is 124 Å². The highest BCUT2D eigenvalue weighted by atomic mass is 32.2. The maximum Gasteiger partial charge on any atom is 0.0580 e. The predicted molar refractivity (Wildman–Crippen MR) is 86.8 cm³/mol. The number of hydrogen-bond donors (Lipinski definition) is 1. The van der Waals surface area contributed by atoms with Crippen molar-refractivity contribution < 1.29 is 5.11 Å². The highest BCUT2D eigenvalue weighted by molar-refractivity contribution is 7.98. The van der Waals surface area contributed by atoms with E-state index < -0.39 is 0 Å². The minimum absolute atomic E-state index is 0.0785.